The molecule has 1 unspecified atom stereocenters. The molecule has 4 rings (SSSR count). The van der Waals surface area contributed by atoms with Crippen LogP contribution in [0.15, 0.2) is 89.2 Å². The molecule has 2 aromatic carbocycles. The van der Waals surface area contributed by atoms with Gasteiger partial charge in [-0.25, -0.2) is 0 Å². The van der Waals surface area contributed by atoms with Crippen molar-refractivity contribution in [2.24, 2.45) is 4.99 Å². The molecular formula is C23H21N3O2. The molecule has 2 aliphatic heterocycles. The number of allylic oxidation sites excluding steroid dienone is 2. The van der Waals surface area contributed by atoms with E-state index < -0.39 is 0 Å². The maximum atomic E-state index is 12.8. The molecule has 0 radical (unpaired) electrons. The van der Waals surface area contributed by atoms with Crippen molar-refractivity contribution < 1.29 is 9.59 Å². The number of carbonyl (C=O) groups is 2. The molecule has 2 amide bonds. The summed E-state index contributed by atoms with van der Waals surface area (Å²) in [4.78, 5) is 33.1. The van der Waals surface area contributed by atoms with Crippen molar-refractivity contribution in [2.45, 2.75) is 13.0 Å². The Bertz CT molecular complexity index is 1010. The summed E-state index contributed by atoms with van der Waals surface area (Å²) in [6.07, 6.45) is 3.68. The van der Waals surface area contributed by atoms with Crippen LogP contribution in [0.3, 0.4) is 0 Å². The Labute approximate surface area is 164 Å². The van der Waals surface area contributed by atoms with Gasteiger partial charge in [-0.2, -0.15) is 0 Å². The van der Waals surface area contributed by atoms with E-state index >= 15 is 0 Å². The molecule has 5 nitrogen and oxygen atoms in total. The number of aliphatic imine (C=N–C) groups is 1. The first-order valence-electron chi connectivity index (χ1n) is 9.21. The number of carbonyl (C=O) groups excluding carboxylic acids is 2. The number of nitrogens with zero attached hydrogens (tertiary/aromatic N) is 3. The molecule has 0 N–H and O–H groups in total. The van der Waals surface area contributed by atoms with Crippen molar-refractivity contribution in [3.05, 3.63) is 95.3 Å². The topological polar surface area (TPSA) is 53.0 Å². The zero-order valence-corrected chi connectivity index (χ0v) is 15.9. The number of amides is 2. The van der Waals surface area contributed by atoms with E-state index in [4.69, 9.17) is 0 Å². The average molecular weight is 371 g/mol. The van der Waals surface area contributed by atoms with Gasteiger partial charge in [0.05, 0.1) is 11.4 Å². The predicted molar refractivity (Wildman–Crippen MR) is 108 cm³/mol. The lowest BCUT2D eigenvalue weighted by Crippen LogP contribution is -2.40. The molecule has 0 bridgehead atoms. The van der Waals surface area contributed by atoms with Gasteiger partial charge in [0.2, 0.25) is 11.8 Å². The minimum atomic E-state index is -0.389. The highest BCUT2D eigenvalue weighted by atomic mass is 16.2. The summed E-state index contributed by atoms with van der Waals surface area (Å²) in [5.41, 5.74) is 4.31. The van der Waals surface area contributed by atoms with E-state index in [1.807, 2.05) is 66.7 Å². The fourth-order valence-electron chi connectivity index (χ4n) is 3.73. The SMILES string of the molecule is CC(=O)N1C=CC2=C(C1c1ccccc1)N(C)C(=O)CN=C2c1ccccc1. The Kier molecular flexibility index (Phi) is 4.65. The summed E-state index contributed by atoms with van der Waals surface area (Å²) >= 11 is 0. The van der Waals surface area contributed by atoms with Gasteiger partial charge in [0.15, 0.2) is 0 Å². The Hall–Kier alpha value is -3.47. The van der Waals surface area contributed by atoms with Gasteiger partial charge in [0, 0.05) is 31.3 Å². The molecule has 0 saturated carbocycles. The first-order valence-corrected chi connectivity index (χ1v) is 9.21. The van der Waals surface area contributed by atoms with Crippen LogP contribution in [0.4, 0.5) is 0 Å². The van der Waals surface area contributed by atoms with Crippen molar-refractivity contribution in [3.8, 4) is 0 Å². The van der Waals surface area contributed by atoms with Gasteiger partial charge >= 0.3 is 0 Å². The lowest BCUT2D eigenvalue weighted by molar-refractivity contribution is -0.131. The van der Waals surface area contributed by atoms with Crippen LogP contribution in [0, 0.1) is 0 Å². The molecule has 0 saturated heterocycles. The van der Waals surface area contributed by atoms with Crippen LogP contribution in [0.2, 0.25) is 0 Å². The monoisotopic (exact) mass is 371 g/mol. The van der Waals surface area contributed by atoms with E-state index in [1.165, 1.54) is 6.92 Å². The van der Waals surface area contributed by atoms with Crippen molar-refractivity contribution in [1.82, 2.24) is 9.80 Å². The van der Waals surface area contributed by atoms with Crippen LogP contribution < -0.4 is 0 Å². The van der Waals surface area contributed by atoms with Crippen LogP contribution in [0.25, 0.3) is 0 Å². The zero-order valence-electron chi connectivity index (χ0n) is 15.9. The fourth-order valence-corrected chi connectivity index (χ4v) is 3.73. The van der Waals surface area contributed by atoms with E-state index in [1.54, 1.807) is 23.0 Å². The maximum absolute atomic E-state index is 12.8. The molecule has 2 aliphatic rings. The van der Waals surface area contributed by atoms with E-state index in [2.05, 4.69) is 4.99 Å². The minimum Gasteiger partial charge on any atom is -0.314 e. The highest BCUT2D eigenvalue weighted by Crippen LogP contribution is 2.38. The van der Waals surface area contributed by atoms with Gasteiger partial charge in [-0.05, 0) is 11.6 Å². The van der Waals surface area contributed by atoms with Gasteiger partial charge in [0.25, 0.3) is 0 Å². The fraction of sp³-hybridized carbons (Fsp3) is 0.174. The van der Waals surface area contributed by atoms with E-state index in [9.17, 15) is 9.59 Å². The molecule has 0 spiro atoms. The normalized spacial score (nSPS) is 19.3. The molecule has 28 heavy (non-hydrogen) atoms. The lowest BCUT2D eigenvalue weighted by Gasteiger charge is -2.37. The second-order valence-electron chi connectivity index (χ2n) is 6.84. The highest BCUT2D eigenvalue weighted by Gasteiger charge is 2.36. The second-order valence-corrected chi connectivity index (χ2v) is 6.84. The smallest absolute Gasteiger partial charge is 0.248 e. The maximum Gasteiger partial charge on any atom is 0.248 e. The third-order valence-corrected chi connectivity index (χ3v) is 5.10. The molecule has 5 heteroatoms. The van der Waals surface area contributed by atoms with Crippen LogP contribution in [0.1, 0.15) is 24.1 Å². The molecule has 0 aromatic heterocycles. The Balaban J connectivity index is 1.96. The molecule has 2 aromatic rings. The molecule has 0 aliphatic carbocycles. The summed E-state index contributed by atoms with van der Waals surface area (Å²) in [5, 5.41) is 0. The van der Waals surface area contributed by atoms with E-state index in [0.29, 0.717) is 0 Å². The second kappa shape index (κ2) is 7.27. The predicted octanol–water partition coefficient (Wildman–Crippen LogP) is 3.32. The summed E-state index contributed by atoms with van der Waals surface area (Å²) in [6.45, 7) is 1.61. The number of hydrogen-bond donors (Lipinski definition) is 0. The lowest BCUT2D eigenvalue weighted by atomic mass is 9.90. The van der Waals surface area contributed by atoms with Gasteiger partial charge in [-0.3, -0.25) is 14.6 Å². The molecule has 1 atom stereocenters. The highest BCUT2D eigenvalue weighted by molar-refractivity contribution is 6.16. The zero-order chi connectivity index (χ0) is 19.7. The van der Waals surface area contributed by atoms with Gasteiger partial charge in [0.1, 0.15) is 12.6 Å². The number of benzene rings is 2. The van der Waals surface area contributed by atoms with Gasteiger partial charge < -0.3 is 9.80 Å². The summed E-state index contributed by atoms with van der Waals surface area (Å²) in [6, 6.07) is 19.2. The number of likely N-dealkylation sites (N-methyl/N-ethyl adjacent to an activating group) is 1. The molecule has 140 valence electrons. The quantitative estimate of drug-likeness (QED) is 0.813. The van der Waals surface area contributed by atoms with Gasteiger partial charge in [-0.1, -0.05) is 60.7 Å². The number of hydrogen-bond acceptors (Lipinski definition) is 3. The van der Waals surface area contributed by atoms with Crippen LogP contribution >= 0.6 is 0 Å². The van der Waals surface area contributed by atoms with Crippen LogP contribution in [-0.2, 0) is 9.59 Å². The molecule has 0 fully saturated rings. The van der Waals surface area contributed by atoms with Crippen molar-refractivity contribution in [2.75, 3.05) is 13.6 Å². The number of rotatable bonds is 2. The summed E-state index contributed by atoms with van der Waals surface area (Å²) < 4.78 is 0. The third kappa shape index (κ3) is 3.05. The van der Waals surface area contributed by atoms with Crippen molar-refractivity contribution in [3.63, 3.8) is 0 Å². The minimum absolute atomic E-state index is 0.0726. The Morgan fingerprint density at radius 2 is 1.68 bits per heavy atom. The molecule has 2 heterocycles. The summed E-state index contributed by atoms with van der Waals surface area (Å²) in [5.74, 6) is -0.182. The van der Waals surface area contributed by atoms with E-state index in [0.717, 1.165) is 28.1 Å². The van der Waals surface area contributed by atoms with Crippen LogP contribution in [-0.4, -0.2) is 40.9 Å². The Morgan fingerprint density at radius 3 is 2.32 bits per heavy atom. The largest absolute Gasteiger partial charge is 0.314 e. The summed E-state index contributed by atoms with van der Waals surface area (Å²) in [7, 11) is 1.76. The van der Waals surface area contributed by atoms with Crippen LogP contribution in [0.5, 0.6) is 0 Å². The van der Waals surface area contributed by atoms with Crippen molar-refractivity contribution >= 4 is 17.5 Å². The van der Waals surface area contributed by atoms with E-state index in [-0.39, 0.29) is 24.4 Å². The third-order valence-electron chi connectivity index (χ3n) is 5.10. The average Bonchev–Trinajstić information content (AvgIpc) is 2.85. The van der Waals surface area contributed by atoms with Gasteiger partial charge in [-0.15, -0.1) is 0 Å². The van der Waals surface area contributed by atoms with Crippen molar-refractivity contribution in [1.29, 1.82) is 0 Å². The Morgan fingerprint density at radius 1 is 1.04 bits per heavy atom. The molecular weight excluding hydrogens is 350 g/mol. The first kappa shape index (κ1) is 17.9. The standard InChI is InChI=1S/C23H21N3O2/c1-16(27)26-14-13-19-21(17-9-5-3-6-10-17)24-15-20(28)25(2)23(19)22(26)18-11-7-4-8-12-18/h3-14,22H,15H2,1-2H3. The first-order chi connectivity index (χ1) is 13.6.